The minimum Gasteiger partial charge on any atom is -0.497 e. The van der Waals surface area contributed by atoms with Crippen LogP contribution < -0.4 is 10.1 Å². The Morgan fingerprint density at radius 2 is 1.96 bits per heavy atom. The predicted molar refractivity (Wildman–Crippen MR) is 105 cm³/mol. The van der Waals surface area contributed by atoms with Crippen LogP contribution in [0.4, 0.5) is 0 Å². The third-order valence-corrected chi connectivity index (χ3v) is 5.05. The molecule has 0 heterocycles. The molecule has 0 aliphatic rings. The molecule has 2 aromatic carbocycles. The quantitative estimate of drug-likeness (QED) is 0.624. The third kappa shape index (κ3) is 6.97. The van der Waals surface area contributed by atoms with Crippen molar-refractivity contribution in [3.8, 4) is 5.75 Å². The van der Waals surface area contributed by atoms with Gasteiger partial charge in [0.15, 0.2) is 0 Å². The largest absolute Gasteiger partial charge is 0.497 e. The van der Waals surface area contributed by atoms with Gasteiger partial charge in [-0.15, -0.1) is 11.8 Å². The van der Waals surface area contributed by atoms with Crippen LogP contribution in [0.2, 0.25) is 0 Å². The molecule has 0 saturated carbocycles. The summed E-state index contributed by atoms with van der Waals surface area (Å²) in [7, 11) is 1.67. The number of aryl methyl sites for hydroxylation is 1. The molecule has 3 nitrogen and oxygen atoms in total. The molecule has 24 heavy (non-hydrogen) atoms. The van der Waals surface area contributed by atoms with Gasteiger partial charge in [0.25, 0.3) is 0 Å². The summed E-state index contributed by atoms with van der Waals surface area (Å²) in [6.45, 7) is 0.703. The minimum atomic E-state index is 0.0998. The van der Waals surface area contributed by atoms with E-state index in [1.54, 1.807) is 18.9 Å². The predicted octanol–water partition coefficient (Wildman–Crippen LogP) is 4.44. The number of methoxy groups -OCH3 is 1. The molecule has 128 valence electrons. The lowest BCUT2D eigenvalue weighted by Gasteiger charge is -2.07. The van der Waals surface area contributed by atoms with Gasteiger partial charge in [0.2, 0.25) is 5.91 Å². The van der Waals surface area contributed by atoms with Crippen LogP contribution in [-0.4, -0.2) is 25.3 Å². The molecule has 5 heteroatoms. The topological polar surface area (TPSA) is 38.3 Å². The van der Waals surface area contributed by atoms with Crippen molar-refractivity contribution in [2.75, 3.05) is 19.4 Å². The first-order valence-corrected chi connectivity index (χ1v) is 9.84. The fourth-order valence-electron chi connectivity index (χ4n) is 2.24. The molecule has 0 aliphatic carbocycles. The number of ether oxygens (including phenoxy) is 1. The van der Waals surface area contributed by atoms with E-state index in [-0.39, 0.29) is 5.91 Å². The minimum absolute atomic E-state index is 0.0998. The van der Waals surface area contributed by atoms with Crippen LogP contribution >= 0.6 is 27.7 Å². The Hall–Kier alpha value is -1.46. The second-order valence-electron chi connectivity index (χ2n) is 5.42. The van der Waals surface area contributed by atoms with Gasteiger partial charge >= 0.3 is 0 Å². The summed E-state index contributed by atoms with van der Waals surface area (Å²) in [6, 6.07) is 16.2. The van der Waals surface area contributed by atoms with E-state index in [4.69, 9.17) is 4.74 Å². The van der Waals surface area contributed by atoms with Crippen molar-refractivity contribution < 1.29 is 9.53 Å². The van der Waals surface area contributed by atoms with Crippen molar-refractivity contribution in [3.63, 3.8) is 0 Å². The van der Waals surface area contributed by atoms with Gasteiger partial charge in [0.05, 0.1) is 12.9 Å². The van der Waals surface area contributed by atoms with Crippen molar-refractivity contribution in [1.29, 1.82) is 0 Å². The molecule has 0 radical (unpaired) electrons. The summed E-state index contributed by atoms with van der Waals surface area (Å²) in [5.74, 6) is 2.32. The zero-order valence-electron chi connectivity index (χ0n) is 13.8. The van der Waals surface area contributed by atoms with Crippen molar-refractivity contribution in [2.45, 2.75) is 18.6 Å². The molecule has 1 amide bonds. The zero-order chi connectivity index (χ0) is 17.2. The molecular weight excluding hydrogens is 386 g/mol. The number of hydrogen-bond donors (Lipinski definition) is 1. The first-order chi connectivity index (χ1) is 11.7. The fourth-order valence-corrected chi connectivity index (χ4v) is 3.32. The summed E-state index contributed by atoms with van der Waals surface area (Å²) in [5, 5.41) is 2.98. The van der Waals surface area contributed by atoms with Gasteiger partial charge in [-0.05, 0) is 48.2 Å². The lowest BCUT2D eigenvalue weighted by Crippen LogP contribution is -2.26. The van der Waals surface area contributed by atoms with E-state index in [0.717, 1.165) is 28.8 Å². The highest BCUT2D eigenvalue weighted by Crippen LogP contribution is 2.16. The van der Waals surface area contributed by atoms with E-state index in [1.807, 2.05) is 30.3 Å². The van der Waals surface area contributed by atoms with Crippen LogP contribution in [0, 0.1) is 0 Å². The van der Waals surface area contributed by atoms with Crippen LogP contribution in [0.25, 0.3) is 0 Å². The van der Waals surface area contributed by atoms with E-state index >= 15 is 0 Å². The van der Waals surface area contributed by atoms with Gasteiger partial charge < -0.3 is 10.1 Å². The molecular formula is C19H22BrNO2S. The Morgan fingerprint density at radius 1 is 1.17 bits per heavy atom. The number of carbonyl (C=O) groups is 1. The average Bonchev–Trinajstić information content (AvgIpc) is 2.61. The maximum Gasteiger partial charge on any atom is 0.230 e. The Bertz CT molecular complexity index is 646. The molecule has 0 spiro atoms. The number of amides is 1. The average molecular weight is 408 g/mol. The lowest BCUT2D eigenvalue weighted by molar-refractivity contribution is -0.118. The van der Waals surface area contributed by atoms with Gasteiger partial charge in [0, 0.05) is 16.8 Å². The number of thioether (sulfide) groups is 1. The highest BCUT2D eigenvalue weighted by molar-refractivity contribution is 9.10. The van der Waals surface area contributed by atoms with E-state index in [1.165, 1.54) is 11.1 Å². The number of hydrogen-bond acceptors (Lipinski definition) is 3. The summed E-state index contributed by atoms with van der Waals surface area (Å²) in [5.41, 5.74) is 2.46. The van der Waals surface area contributed by atoms with Crippen molar-refractivity contribution in [2.24, 2.45) is 0 Å². The summed E-state index contributed by atoms with van der Waals surface area (Å²) in [4.78, 5) is 11.8. The Morgan fingerprint density at radius 3 is 2.71 bits per heavy atom. The Kier molecular flexibility index (Phi) is 8.19. The van der Waals surface area contributed by atoms with Crippen LogP contribution in [-0.2, 0) is 17.0 Å². The molecule has 2 aromatic rings. The number of nitrogens with one attached hydrogen (secondary N) is 1. The molecule has 0 aromatic heterocycles. The highest BCUT2D eigenvalue weighted by atomic mass is 79.9. The monoisotopic (exact) mass is 407 g/mol. The van der Waals surface area contributed by atoms with Crippen LogP contribution in [0.15, 0.2) is 53.0 Å². The number of rotatable bonds is 9. The standard InChI is InChI=1S/C19H22BrNO2S/c1-23-18-6-2-4-15(12-18)5-3-11-21-19(22)14-24-13-16-7-9-17(20)10-8-16/h2,4,6-10,12H,3,5,11,13-14H2,1H3,(H,21,22). The number of halogens is 1. The molecule has 2 rings (SSSR count). The second-order valence-corrected chi connectivity index (χ2v) is 7.33. The summed E-state index contributed by atoms with van der Waals surface area (Å²) in [6.07, 6.45) is 1.86. The highest BCUT2D eigenvalue weighted by Gasteiger charge is 2.02. The van der Waals surface area contributed by atoms with Gasteiger partial charge in [-0.3, -0.25) is 4.79 Å². The van der Waals surface area contributed by atoms with Crippen molar-refractivity contribution in [3.05, 3.63) is 64.1 Å². The van der Waals surface area contributed by atoms with Gasteiger partial charge in [0.1, 0.15) is 5.75 Å². The van der Waals surface area contributed by atoms with E-state index in [0.29, 0.717) is 12.3 Å². The first kappa shape index (κ1) is 18.9. The molecule has 0 saturated heterocycles. The Balaban J connectivity index is 1.58. The van der Waals surface area contributed by atoms with E-state index in [2.05, 4.69) is 39.4 Å². The zero-order valence-corrected chi connectivity index (χ0v) is 16.2. The third-order valence-electron chi connectivity index (χ3n) is 3.51. The molecule has 0 bridgehead atoms. The maximum atomic E-state index is 11.8. The Labute approximate surface area is 156 Å². The molecule has 1 N–H and O–H groups in total. The smallest absolute Gasteiger partial charge is 0.230 e. The van der Waals surface area contributed by atoms with Crippen molar-refractivity contribution >= 4 is 33.6 Å². The number of carbonyl (C=O) groups excluding carboxylic acids is 1. The molecule has 0 fully saturated rings. The van der Waals surface area contributed by atoms with E-state index < -0.39 is 0 Å². The lowest BCUT2D eigenvalue weighted by atomic mass is 10.1. The van der Waals surface area contributed by atoms with Crippen LogP contribution in [0.3, 0.4) is 0 Å². The van der Waals surface area contributed by atoms with E-state index in [9.17, 15) is 4.79 Å². The second kappa shape index (κ2) is 10.4. The molecule has 0 aliphatic heterocycles. The normalized spacial score (nSPS) is 10.4. The number of benzene rings is 2. The van der Waals surface area contributed by atoms with Gasteiger partial charge in [-0.1, -0.05) is 40.2 Å². The summed E-state index contributed by atoms with van der Waals surface area (Å²) < 4.78 is 6.29. The van der Waals surface area contributed by atoms with Crippen molar-refractivity contribution in [1.82, 2.24) is 5.32 Å². The summed E-state index contributed by atoms with van der Waals surface area (Å²) >= 11 is 5.05. The SMILES string of the molecule is COc1cccc(CCCNC(=O)CSCc2ccc(Br)cc2)c1. The van der Waals surface area contributed by atoms with Gasteiger partial charge in [-0.25, -0.2) is 0 Å². The van der Waals surface area contributed by atoms with Crippen LogP contribution in [0.1, 0.15) is 17.5 Å². The van der Waals surface area contributed by atoms with Crippen LogP contribution in [0.5, 0.6) is 5.75 Å². The molecule has 0 unspecified atom stereocenters. The first-order valence-electron chi connectivity index (χ1n) is 7.89. The fraction of sp³-hybridized carbons (Fsp3) is 0.316. The molecule has 0 atom stereocenters. The maximum absolute atomic E-state index is 11.8. The van der Waals surface area contributed by atoms with Gasteiger partial charge in [-0.2, -0.15) is 0 Å².